The van der Waals surface area contributed by atoms with Crippen LogP contribution < -0.4 is 5.32 Å². The summed E-state index contributed by atoms with van der Waals surface area (Å²) in [5.41, 5.74) is 1.06. The Hall–Kier alpha value is -1.75. The summed E-state index contributed by atoms with van der Waals surface area (Å²) in [7, 11) is 0. The topological polar surface area (TPSA) is 69.6 Å². The molecule has 0 amide bonds. The van der Waals surface area contributed by atoms with Crippen molar-refractivity contribution in [2.75, 3.05) is 0 Å². The molecule has 0 fully saturated rings. The Bertz CT molecular complexity index is 647. The van der Waals surface area contributed by atoms with E-state index >= 15 is 0 Å². The van der Waals surface area contributed by atoms with Crippen molar-refractivity contribution < 1.29 is 15.0 Å². The monoisotopic (exact) mass is 325 g/mol. The van der Waals surface area contributed by atoms with Crippen LogP contribution in [0.25, 0.3) is 0 Å². The molecular formula is C15H13Cl2NO3. The van der Waals surface area contributed by atoms with E-state index in [1.54, 1.807) is 0 Å². The molecule has 0 heterocycles. The standard InChI is InChI=1S/C15H13Cl2NO3/c16-10-6-11(14(19)12(17)7-10)13(15(20)21)18-8-9-4-2-1-3-5-9/h1-7,13,18-19H,8H2,(H,20,21). The van der Waals surface area contributed by atoms with E-state index in [1.807, 2.05) is 30.3 Å². The molecule has 0 saturated heterocycles. The minimum atomic E-state index is -1.13. The smallest absolute Gasteiger partial charge is 0.325 e. The van der Waals surface area contributed by atoms with Gasteiger partial charge in [0, 0.05) is 17.1 Å². The second-order valence-electron chi connectivity index (χ2n) is 4.46. The SMILES string of the molecule is O=C(O)C(NCc1ccccc1)c1cc(Cl)cc(Cl)c1O. The first-order valence-electron chi connectivity index (χ1n) is 6.17. The lowest BCUT2D eigenvalue weighted by Crippen LogP contribution is -2.28. The van der Waals surface area contributed by atoms with Crippen LogP contribution in [-0.4, -0.2) is 16.2 Å². The van der Waals surface area contributed by atoms with Gasteiger partial charge in [-0.25, -0.2) is 0 Å². The van der Waals surface area contributed by atoms with Crippen LogP contribution in [0, 0.1) is 0 Å². The van der Waals surface area contributed by atoms with Gasteiger partial charge in [0.1, 0.15) is 11.8 Å². The number of aliphatic carboxylic acids is 1. The first-order chi connectivity index (χ1) is 9.99. The van der Waals surface area contributed by atoms with Crippen LogP contribution in [0.5, 0.6) is 5.75 Å². The van der Waals surface area contributed by atoms with E-state index in [0.717, 1.165) is 5.56 Å². The molecule has 2 rings (SSSR count). The van der Waals surface area contributed by atoms with Gasteiger partial charge < -0.3 is 10.2 Å². The number of carboxylic acid groups (broad SMARTS) is 1. The van der Waals surface area contributed by atoms with Gasteiger partial charge in [-0.15, -0.1) is 0 Å². The van der Waals surface area contributed by atoms with E-state index in [1.165, 1.54) is 12.1 Å². The third-order valence-corrected chi connectivity index (χ3v) is 3.48. The maximum Gasteiger partial charge on any atom is 0.325 e. The molecule has 0 aromatic heterocycles. The lowest BCUT2D eigenvalue weighted by Gasteiger charge is -2.17. The van der Waals surface area contributed by atoms with Gasteiger partial charge in [-0.2, -0.15) is 0 Å². The van der Waals surface area contributed by atoms with Gasteiger partial charge in [0.25, 0.3) is 0 Å². The zero-order valence-electron chi connectivity index (χ0n) is 10.9. The largest absolute Gasteiger partial charge is 0.506 e. The molecule has 0 aliphatic carbocycles. The number of benzene rings is 2. The number of phenolic OH excluding ortho intramolecular Hbond substituents is 1. The summed E-state index contributed by atoms with van der Waals surface area (Å²) in [6.07, 6.45) is 0. The van der Waals surface area contributed by atoms with Gasteiger partial charge >= 0.3 is 5.97 Å². The second-order valence-corrected chi connectivity index (χ2v) is 5.31. The van der Waals surface area contributed by atoms with Crippen molar-refractivity contribution >= 4 is 29.2 Å². The van der Waals surface area contributed by atoms with Crippen LogP contribution in [0.4, 0.5) is 0 Å². The Labute approximate surface area is 131 Å². The lowest BCUT2D eigenvalue weighted by atomic mass is 10.1. The Balaban J connectivity index is 2.26. The van der Waals surface area contributed by atoms with Gasteiger partial charge in [0.15, 0.2) is 0 Å². The van der Waals surface area contributed by atoms with Gasteiger partial charge in [0.2, 0.25) is 0 Å². The Morgan fingerprint density at radius 3 is 2.48 bits per heavy atom. The van der Waals surface area contributed by atoms with Crippen molar-refractivity contribution in [2.24, 2.45) is 0 Å². The maximum absolute atomic E-state index is 11.4. The summed E-state index contributed by atoms with van der Waals surface area (Å²) in [6.45, 7) is 0.335. The number of rotatable bonds is 5. The van der Waals surface area contributed by atoms with Crippen molar-refractivity contribution in [3.05, 3.63) is 63.6 Å². The molecule has 2 aromatic rings. The molecule has 3 N–H and O–H groups in total. The van der Waals surface area contributed by atoms with E-state index in [9.17, 15) is 15.0 Å². The molecule has 1 unspecified atom stereocenters. The summed E-state index contributed by atoms with van der Waals surface area (Å²) in [4.78, 5) is 11.4. The number of carboxylic acids is 1. The van der Waals surface area contributed by atoms with Gasteiger partial charge in [-0.3, -0.25) is 10.1 Å². The molecule has 1 atom stereocenters. The third kappa shape index (κ3) is 3.88. The Kier molecular flexibility index (Phi) is 5.07. The average molecular weight is 326 g/mol. The highest BCUT2D eigenvalue weighted by Gasteiger charge is 2.24. The van der Waals surface area contributed by atoms with Crippen molar-refractivity contribution in [3.63, 3.8) is 0 Å². The second kappa shape index (κ2) is 6.80. The number of hydrogen-bond donors (Lipinski definition) is 3. The number of phenols is 1. The molecule has 0 spiro atoms. The highest BCUT2D eigenvalue weighted by molar-refractivity contribution is 6.35. The summed E-state index contributed by atoms with van der Waals surface area (Å²) in [5.74, 6) is -1.41. The van der Waals surface area contributed by atoms with E-state index in [2.05, 4.69) is 5.32 Å². The molecule has 0 bridgehead atoms. The lowest BCUT2D eigenvalue weighted by molar-refractivity contribution is -0.139. The predicted molar refractivity (Wildman–Crippen MR) is 81.8 cm³/mol. The first kappa shape index (κ1) is 15.6. The summed E-state index contributed by atoms with van der Waals surface area (Å²) in [6, 6.07) is 11.0. The van der Waals surface area contributed by atoms with Crippen LogP contribution in [0.15, 0.2) is 42.5 Å². The van der Waals surface area contributed by atoms with Crippen molar-refractivity contribution in [2.45, 2.75) is 12.6 Å². The molecule has 0 aliphatic rings. The normalized spacial score (nSPS) is 12.1. The van der Waals surface area contributed by atoms with Crippen molar-refractivity contribution in [1.82, 2.24) is 5.32 Å². The fourth-order valence-electron chi connectivity index (χ4n) is 1.95. The van der Waals surface area contributed by atoms with Crippen LogP contribution in [-0.2, 0) is 11.3 Å². The minimum Gasteiger partial charge on any atom is -0.506 e. The molecule has 110 valence electrons. The van der Waals surface area contributed by atoms with Crippen LogP contribution in [0.3, 0.4) is 0 Å². The molecule has 0 radical (unpaired) electrons. The fraction of sp³-hybridized carbons (Fsp3) is 0.133. The average Bonchev–Trinajstić information content (AvgIpc) is 2.45. The predicted octanol–water partition coefficient (Wildman–Crippen LogP) is 3.61. The molecule has 21 heavy (non-hydrogen) atoms. The third-order valence-electron chi connectivity index (χ3n) is 2.97. The Morgan fingerprint density at radius 2 is 1.86 bits per heavy atom. The summed E-state index contributed by atoms with van der Waals surface area (Å²) < 4.78 is 0. The molecule has 6 heteroatoms. The fourth-order valence-corrected chi connectivity index (χ4v) is 2.46. The highest BCUT2D eigenvalue weighted by Crippen LogP contribution is 2.35. The van der Waals surface area contributed by atoms with Crippen molar-refractivity contribution in [1.29, 1.82) is 0 Å². The van der Waals surface area contributed by atoms with Crippen LogP contribution in [0.1, 0.15) is 17.2 Å². The van der Waals surface area contributed by atoms with E-state index in [-0.39, 0.29) is 21.4 Å². The van der Waals surface area contributed by atoms with E-state index < -0.39 is 12.0 Å². The van der Waals surface area contributed by atoms with E-state index in [0.29, 0.717) is 6.54 Å². The Morgan fingerprint density at radius 1 is 1.19 bits per heavy atom. The van der Waals surface area contributed by atoms with Crippen LogP contribution >= 0.6 is 23.2 Å². The minimum absolute atomic E-state index is 0.0188. The van der Waals surface area contributed by atoms with Gasteiger partial charge in [-0.05, 0) is 17.7 Å². The zero-order valence-corrected chi connectivity index (χ0v) is 12.4. The molecule has 2 aromatic carbocycles. The van der Waals surface area contributed by atoms with Gasteiger partial charge in [0.05, 0.1) is 5.02 Å². The number of halogens is 2. The number of carbonyl (C=O) groups is 1. The molecule has 4 nitrogen and oxygen atoms in total. The van der Waals surface area contributed by atoms with Crippen molar-refractivity contribution in [3.8, 4) is 5.75 Å². The quantitative estimate of drug-likeness (QED) is 0.785. The summed E-state index contributed by atoms with van der Waals surface area (Å²) in [5, 5.41) is 22.4. The number of hydrogen-bond acceptors (Lipinski definition) is 3. The number of aromatic hydroxyl groups is 1. The van der Waals surface area contributed by atoms with E-state index in [4.69, 9.17) is 23.2 Å². The molecular weight excluding hydrogens is 313 g/mol. The zero-order chi connectivity index (χ0) is 15.4. The highest BCUT2D eigenvalue weighted by atomic mass is 35.5. The molecule has 0 aliphatic heterocycles. The maximum atomic E-state index is 11.4. The first-order valence-corrected chi connectivity index (χ1v) is 6.92. The van der Waals surface area contributed by atoms with Gasteiger partial charge in [-0.1, -0.05) is 53.5 Å². The van der Waals surface area contributed by atoms with Crippen LogP contribution in [0.2, 0.25) is 10.0 Å². The number of nitrogens with one attached hydrogen (secondary N) is 1. The summed E-state index contributed by atoms with van der Waals surface area (Å²) >= 11 is 11.7. The molecule has 0 saturated carbocycles.